The van der Waals surface area contributed by atoms with Crippen molar-refractivity contribution in [3.05, 3.63) is 199 Å². The Morgan fingerprint density at radius 1 is 0.510 bits per heavy atom. The summed E-state index contributed by atoms with van der Waals surface area (Å²) >= 11 is 0. The summed E-state index contributed by atoms with van der Waals surface area (Å²) in [5.74, 6) is 0.524. The number of hydrogen-bond acceptors (Lipinski definition) is 4. The van der Waals surface area contributed by atoms with Gasteiger partial charge in [0, 0.05) is 40.3 Å². The van der Waals surface area contributed by atoms with Crippen molar-refractivity contribution in [1.82, 2.24) is 20.3 Å². The minimum absolute atomic E-state index is 0.165. The maximum atomic E-state index is 13.5. The largest absolute Gasteiger partial charge is 0.322 e. The van der Waals surface area contributed by atoms with E-state index >= 15 is 0 Å². The number of pyridine rings is 1. The SMILES string of the molecule is O=C(NC1=C(c2ccccc2-c2ccccc2)CCC(c2ccc(-c3cc(-c4ccccc4)nc(-c4ccccc4)n3)cc2)=C1)c1ccncc1. The molecule has 5 nitrogen and oxygen atoms in total. The second-order valence-electron chi connectivity index (χ2n) is 12.4. The van der Waals surface area contributed by atoms with Crippen molar-refractivity contribution in [2.45, 2.75) is 12.8 Å². The van der Waals surface area contributed by atoms with E-state index in [2.05, 4.69) is 107 Å². The number of nitrogens with one attached hydrogen (secondary N) is 1. The van der Waals surface area contributed by atoms with E-state index in [0.717, 1.165) is 80.0 Å². The molecule has 0 bridgehead atoms. The van der Waals surface area contributed by atoms with Gasteiger partial charge in [0.1, 0.15) is 0 Å². The Bertz CT molecular complexity index is 2310. The maximum Gasteiger partial charge on any atom is 0.255 e. The van der Waals surface area contributed by atoms with E-state index in [1.807, 2.05) is 54.6 Å². The molecule has 0 atom stereocenters. The minimum atomic E-state index is -0.165. The van der Waals surface area contributed by atoms with E-state index in [1.54, 1.807) is 24.5 Å². The van der Waals surface area contributed by atoms with Crippen LogP contribution in [0.25, 0.3) is 56.2 Å². The molecule has 5 aromatic carbocycles. The van der Waals surface area contributed by atoms with Gasteiger partial charge in [0.05, 0.1) is 11.4 Å². The summed E-state index contributed by atoms with van der Waals surface area (Å²) in [6.07, 6.45) is 7.02. The van der Waals surface area contributed by atoms with Crippen molar-refractivity contribution >= 4 is 17.1 Å². The molecule has 1 amide bonds. The molecule has 7 aromatic rings. The van der Waals surface area contributed by atoms with Gasteiger partial charge in [0.2, 0.25) is 0 Å². The van der Waals surface area contributed by atoms with Gasteiger partial charge in [0.25, 0.3) is 5.91 Å². The van der Waals surface area contributed by atoms with Crippen LogP contribution in [-0.2, 0) is 0 Å². The molecule has 1 N–H and O–H groups in total. The fourth-order valence-corrected chi connectivity index (χ4v) is 6.58. The molecular weight excluding hydrogens is 625 g/mol. The number of nitrogens with zero attached hydrogens (tertiary/aromatic N) is 3. The molecule has 0 saturated heterocycles. The molecule has 1 aliphatic carbocycles. The highest BCUT2D eigenvalue weighted by molar-refractivity contribution is 5.98. The van der Waals surface area contributed by atoms with Crippen LogP contribution in [0.2, 0.25) is 0 Å². The zero-order valence-corrected chi connectivity index (χ0v) is 27.9. The number of carbonyl (C=O) groups excluding carboxylic acids is 1. The molecule has 0 saturated carbocycles. The van der Waals surface area contributed by atoms with Gasteiger partial charge in [-0.05, 0) is 70.5 Å². The number of hydrogen-bond donors (Lipinski definition) is 1. The molecule has 0 unspecified atom stereocenters. The Morgan fingerprint density at radius 3 is 1.69 bits per heavy atom. The highest BCUT2D eigenvalue weighted by Crippen LogP contribution is 2.39. The lowest BCUT2D eigenvalue weighted by Crippen LogP contribution is -2.24. The van der Waals surface area contributed by atoms with Crippen LogP contribution in [0.15, 0.2) is 182 Å². The van der Waals surface area contributed by atoms with Crippen LogP contribution in [0.1, 0.15) is 34.3 Å². The van der Waals surface area contributed by atoms with Crippen molar-refractivity contribution in [2.75, 3.05) is 0 Å². The summed E-state index contributed by atoms with van der Waals surface area (Å²) in [4.78, 5) is 27.6. The van der Waals surface area contributed by atoms with Gasteiger partial charge in [-0.2, -0.15) is 0 Å². The summed E-state index contributed by atoms with van der Waals surface area (Å²) < 4.78 is 0. The fourth-order valence-electron chi connectivity index (χ4n) is 6.58. The van der Waals surface area contributed by atoms with Crippen LogP contribution in [0.4, 0.5) is 0 Å². The third-order valence-electron chi connectivity index (χ3n) is 9.19. The Balaban J connectivity index is 1.17. The van der Waals surface area contributed by atoms with Crippen molar-refractivity contribution in [3.8, 4) is 45.0 Å². The lowest BCUT2D eigenvalue weighted by molar-refractivity contribution is 0.0967. The molecule has 1 aliphatic rings. The third kappa shape index (κ3) is 6.91. The summed E-state index contributed by atoms with van der Waals surface area (Å²) in [5.41, 5.74) is 12.9. The average molecular weight is 659 g/mol. The van der Waals surface area contributed by atoms with Crippen molar-refractivity contribution in [1.29, 1.82) is 0 Å². The predicted molar refractivity (Wildman–Crippen MR) is 206 cm³/mol. The van der Waals surface area contributed by atoms with Crippen molar-refractivity contribution in [2.24, 2.45) is 0 Å². The third-order valence-corrected chi connectivity index (χ3v) is 9.19. The lowest BCUT2D eigenvalue weighted by Gasteiger charge is -2.23. The fraction of sp³-hybridized carbons (Fsp3) is 0.0435. The van der Waals surface area contributed by atoms with E-state index in [0.29, 0.717) is 11.4 Å². The molecule has 2 heterocycles. The highest BCUT2D eigenvalue weighted by Gasteiger charge is 2.21. The predicted octanol–water partition coefficient (Wildman–Crippen LogP) is 10.6. The molecular formula is C46H34N4O. The number of amides is 1. The van der Waals surface area contributed by atoms with Gasteiger partial charge in [-0.3, -0.25) is 9.78 Å². The lowest BCUT2D eigenvalue weighted by atomic mass is 9.85. The van der Waals surface area contributed by atoms with Crippen LogP contribution in [0.5, 0.6) is 0 Å². The molecule has 0 aliphatic heterocycles. The second-order valence-corrected chi connectivity index (χ2v) is 12.4. The minimum Gasteiger partial charge on any atom is -0.322 e. The summed E-state index contributed by atoms with van der Waals surface area (Å²) in [5, 5.41) is 3.26. The van der Waals surface area contributed by atoms with Gasteiger partial charge < -0.3 is 5.32 Å². The average Bonchev–Trinajstić information content (AvgIpc) is 3.22. The molecule has 0 radical (unpaired) electrons. The van der Waals surface area contributed by atoms with Crippen molar-refractivity contribution in [3.63, 3.8) is 0 Å². The van der Waals surface area contributed by atoms with Gasteiger partial charge in [-0.1, -0.05) is 140 Å². The Hall–Kier alpha value is -6.72. The number of allylic oxidation sites excluding steroid dienone is 3. The van der Waals surface area contributed by atoms with Gasteiger partial charge in [-0.15, -0.1) is 0 Å². The summed E-state index contributed by atoms with van der Waals surface area (Å²) in [7, 11) is 0. The van der Waals surface area contributed by atoms with Gasteiger partial charge >= 0.3 is 0 Å². The molecule has 0 fully saturated rings. The second kappa shape index (κ2) is 14.4. The quantitative estimate of drug-likeness (QED) is 0.176. The number of aromatic nitrogens is 3. The monoisotopic (exact) mass is 658 g/mol. The molecule has 51 heavy (non-hydrogen) atoms. The van der Waals surface area contributed by atoms with Gasteiger partial charge in [0.15, 0.2) is 5.82 Å². The van der Waals surface area contributed by atoms with Crippen LogP contribution in [-0.4, -0.2) is 20.9 Å². The number of rotatable bonds is 8. The molecule has 8 rings (SSSR count). The first-order valence-electron chi connectivity index (χ1n) is 17.1. The van der Waals surface area contributed by atoms with Crippen LogP contribution >= 0.6 is 0 Å². The van der Waals surface area contributed by atoms with Crippen LogP contribution in [0, 0.1) is 0 Å². The van der Waals surface area contributed by atoms with E-state index in [4.69, 9.17) is 9.97 Å². The van der Waals surface area contributed by atoms with Crippen molar-refractivity contribution < 1.29 is 4.79 Å². The zero-order chi connectivity index (χ0) is 34.4. The van der Waals surface area contributed by atoms with E-state index in [-0.39, 0.29) is 5.91 Å². The molecule has 5 heteroatoms. The summed E-state index contributed by atoms with van der Waals surface area (Å²) in [6.45, 7) is 0. The Morgan fingerprint density at radius 2 is 1.04 bits per heavy atom. The first-order chi connectivity index (χ1) is 25.2. The van der Waals surface area contributed by atoms with Crippen LogP contribution < -0.4 is 5.32 Å². The van der Waals surface area contributed by atoms with E-state index in [1.165, 1.54) is 0 Å². The number of benzene rings is 5. The Labute approximate surface area is 297 Å². The zero-order valence-electron chi connectivity index (χ0n) is 27.9. The van der Waals surface area contributed by atoms with Gasteiger partial charge in [-0.25, -0.2) is 9.97 Å². The summed E-state index contributed by atoms with van der Waals surface area (Å²) in [6, 6.07) is 53.2. The topological polar surface area (TPSA) is 67.8 Å². The normalized spacial score (nSPS) is 12.7. The molecule has 244 valence electrons. The van der Waals surface area contributed by atoms with E-state index in [9.17, 15) is 4.79 Å². The first kappa shape index (κ1) is 31.5. The smallest absolute Gasteiger partial charge is 0.255 e. The highest BCUT2D eigenvalue weighted by atomic mass is 16.1. The molecule has 2 aromatic heterocycles. The molecule has 0 spiro atoms. The van der Waals surface area contributed by atoms with Crippen LogP contribution in [0.3, 0.4) is 0 Å². The standard InChI is InChI=1S/C46H34N4O/c51-46(37-26-28-47-29-27-37)50-44-30-38(24-25-41(44)40-19-11-10-18-39(40)33-12-4-1-5-13-33)32-20-22-35(23-21-32)43-31-42(34-14-6-2-7-15-34)48-45(49-43)36-16-8-3-9-17-36/h1-23,26-31H,24-25H2,(H,50,51). The number of carbonyl (C=O) groups is 1. The first-order valence-corrected chi connectivity index (χ1v) is 17.1. The Kier molecular flexibility index (Phi) is 8.91. The van der Waals surface area contributed by atoms with E-state index < -0.39 is 0 Å². The maximum absolute atomic E-state index is 13.5.